The van der Waals surface area contributed by atoms with Crippen LogP contribution in [0.1, 0.15) is 45.1 Å². The quantitative estimate of drug-likeness (QED) is 0.682. The zero-order valence-electron chi connectivity index (χ0n) is 13.4. The Morgan fingerprint density at radius 2 is 2.00 bits per heavy atom. The third kappa shape index (κ3) is 4.82. The van der Waals surface area contributed by atoms with Crippen LogP contribution in [-0.4, -0.2) is 18.1 Å². The van der Waals surface area contributed by atoms with E-state index in [4.69, 9.17) is 0 Å². The molecule has 1 heterocycles. The van der Waals surface area contributed by atoms with E-state index in [-0.39, 0.29) is 0 Å². The zero-order valence-corrected chi connectivity index (χ0v) is 13.4. The van der Waals surface area contributed by atoms with Crippen LogP contribution < -0.4 is 5.32 Å². The molecule has 0 fully saturated rings. The number of nitrogens with zero attached hydrogens (tertiary/aromatic N) is 1. The summed E-state index contributed by atoms with van der Waals surface area (Å²) in [5.74, 6) is 0.829. The normalized spacial score (nSPS) is 12.7. The predicted molar refractivity (Wildman–Crippen MR) is 91.6 cm³/mol. The summed E-state index contributed by atoms with van der Waals surface area (Å²) in [5.41, 5.74) is 2.50. The number of nitrogens with one attached hydrogen (secondary N) is 1. The smallest absolute Gasteiger partial charge is 0.0734 e. The largest absolute Gasteiger partial charge is 0.316 e. The van der Waals surface area contributed by atoms with Gasteiger partial charge in [0, 0.05) is 11.6 Å². The number of rotatable bonds is 9. The molecule has 0 aliphatic carbocycles. The highest BCUT2D eigenvalue weighted by Gasteiger charge is 2.06. The molecule has 0 saturated carbocycles. The van der Waals surface area contributed by atoms with Crippen molar-refractivity contribution in [1.82, 2.24) is 10.3 Å². The van der Waals surface area contributed by atoms with Gasteiger partial charge < -0.3 is 5.32 Å². The minimum absolute atomic E-state index is 0.829. The molecule has 0 aliphatic rings. The zero-order chi connectivity index (χ0) is 14.9. The maximum absolute atomic E-state index is 4.52. The van der Waals surface area contributed by atoms with Gasteiger partial charge in [-0.3, -0.25) is 4.98 Å². The Morgan fingerprint density at radius 1 is 1.14 bits per heavy atom. The van der Waals surface area contributed by atoms with Crippen LogP contribution in [0, 0.1) is 5.92 Å². The molecular weight excluding hydrogens is 256 g/mol. The fourth-order valence-corrected chi connectivity index (χ4v) is 2.84. The average molecular weight is 284 g/mol. The van der Waals surface area contributed by atoms with E-state index in [0.717, 1.165) is 30.9 Å². The Bertz CT molecular complexity index is 531. The van der Waals surface area contributed by atoms with Crippen molar-refractivity contribution in [2.45, 2.75) is 46.0 Å². The van der Waals surface area contributed by atoms with Gasteiger partial charge in [0.25, 0.3) is 0 Å². The number of hydrogen-bond acceptors (Lipinski definition) is 2. The first kappa shape index (κ1) is 16.0. The third-order valence-electron chi connectivity index (χ3n) is 4.26. The van der Waals surface area contributed by atoms with Gasteiger partial charge in [-0.1, -0.05) is 57.4 Å². The van der Waals surface area contributed by atoms with Crippen molar-refractivity contribution in [2.24, 2.45) is 5.92 Å². The predicted octanol–water partition coefficient (Wildman–Crippen LogP) is 4.58. The van der Waals surface area contributed by atoms with Crippen LogP contribution in [0.2, 0.25) is 0 Å². The number of hydrogen-bond donors (Lipinski definition) is 1. The number of unbranched alkanes of at least 4 members (excludes halogenated alkanes) is 1. The Morgan fingerprint density at radius 3 is 2.81 bits per heavy atom. The number of aromatic nitrogens is 1. The SMILES string of the molecule is CCCCC(CC)CNCCc1cccc2cccnc12. The Hall–Kier alpha value is -1.41. The van der Waals surface area contributed by atoms with Crippen LogP contribution in [0.3, 0.4) is 0 Å². The lowest BCUT2D eigenvalue weighted by Crippen LogP contribution is -2.24. The van der Waals surface area contributed by atoms with E-state index in [1.807, 2.05) is 12.3 Å². The Labute approximate surface area is 129 Å². The van der Waals surface area contributed by atoms with Crippen LogP contribution in [-0.2, 0) is 6.42 Å². The van der Waals surface area contributed by atoms with Gasteiger partial charge in [-0.25, -0.2) is 0 Å². The first-order valence-electron chi connectivity index (χ1n) is 8.38. The monoisotopic (exact) mass is 284 g/mol. The molecular formula is C19H28N2. The number of para-hydroxylation sites is 1. The van der Waals surface area contributed by atoms with E-state index in [9.17, 15) is 0 Å². The van der Waals surface area contributed by atoms with E-state index in [1.165, 1.54) is 36.6 Å². The molecule has 1 N–H and O–H groups in total. The molecule has 1 unspecified atom stereocenters. The summed E-state index contributed by atoms with van der Waals surface area (Å²) in [4.78, 5) is 4.52. The van der Waals surface area contributed by atoms with Gasteiger partial charge in [0.2, 0.25) is 0 Å². The molecule has 0 radical (unpaired) electrons. The maximum atomic E-state index is 4.52. The molecule has 0 amide bonds. The van der Waals surface area contributed by atoms with Gasteiger partial charge in [-0.2, -0.15) is 0 Å². The molecule has 1 aromatic heterocycles. The van der Waals surface area contributed by atoms with Gasteiger partial charge in [0.1, 0.15) is 0 Å². The van der Waals surface area contributed by atoms with Crippen molar-refractivity contribution in [2.75, 3.05) is 13.1 Å². The average Bonchev–Trinajstić information content (AvgIpc) is 2.54. The van der Waals surface area contributed by atoms with Crippen molar-refractivity contribution in [3.8, 4) is 0 Å². The van der Waals surface area contributed by atoms with Crippen LogP contribution in [0.15, 0.2) is 36.5 Å². The fourth-order valence-electron chi connectivity index (χ4n) is 2.84. The van der Waals surface area contributed by atoms with Gasteiger partial charge in [-0.05, 0) is 43.5 Å². The van der Waals surface area contributed by atoms with Crippen molar-refractivity contribution in [3.05, 3.63) is 42.1 Å². The summed E-state index contributed by atoms with van der Waals surface area (Å²) in [5, 5.41) is 4.87. The number of benzene rings is 1. The lowest BCUT2D eigenvalue weighted by Gasteiger charge is -2.15. The van der Waals surface area contributed by atoms with Crippen molar-refractivity contribution in [3.63, 3.8) is 0 Å². The lowest BCUT2D eigenvalue weighted by atomic mass is 9.99. The minimum atomic E-state index is 0.829. The standard InChI is InChI=1S/C19H28N2/c1-3-5-8-16(4-2)15-20-14-12-18-10-6-9-17-11-7-13-21-19(17)18/h6-7,9-11,13,16,20H,3-5,8,12,14-15H2,1-2H3. The van der Waals surface area contributed by atoms with Crippen molar-refractivity contribution in [1.29, 1.82) is 0 Å². The highest BCUT2D eigenvalue weighted by molar-refractivity contribution is 5.81. The van der Waals surface area contributed by atoms with E-state index in [1.54, 1.807) is 0 Å². The third-order valence-corrected chi connectivity index (χ3v) is 4.26. The van der Waals surface area contributed by atoms with Gasteiger partial charge in [0.05, 0.1) is 5.52 Å². The molecule has 0 spiro atoms. The fraction of sp³-hybridized carbons (Fsp3) is 0.526. The second kappa shape index (κ2) is 8.78. The summed E-state index contributed by atoms with van der Waals surface area (Å²) in [6, 6.07) is 10.6. The number of pyridine rings is 1. The number of fused-ring (bicyclic) bond motifs is 1. The molecule has 2 rings (SSSR count). The van der Waals surface area contributed by atoms with Gasteiger partial charge in [-0.15, -0.1) is 0 Å². The van der Waals surface area contributed by atoms with E-state index in [2.05, 4.69) is 48.4 Å². The summed E-state index contributed by atoms with van der Waals surface area (Å²) in [7, 11) is 0. The minimum Gasteiger partial charge on any atom is -0.316 e. The molecule has 1 atom stereocenters. The van der Waals surface area contributed by atoms with Crippen LogP contribution in [0.25, 0.3) is 10.9 Å². The maximum Gasteiger partial charge on any atom is 0.0734 e. The molecule has 2 aromatic rings. The molecule has 2 nitrogen and oxygen atoms in total. The second-order valence-electron chi connectivity index (χ2n) is 5.86. The second-order valence-corrected chi connectivity index (χ2v) is 5.86. The van der Waals surface area contributed by atoms with E-state index < -0.39 is 0 Å². The summed E-state index contributed by atoms with van der Waals surface area (Å²) in [6.45, 7) is 6.76. The Balaban J connectivity index is 1.82. The summed E-state index contributed by atoms with van der Waals surface area (Å²) in [6.07, 6.45) is 8.24. The molecule has 0 bridgehead atoms. The van der Waals surface area contributed by atoms with Crippen LogP contribution in [0.5, 0.6) is 0 Å². The molecule has 0 saturated heterocycles. The summed E-state index contributed by atoms with van der Waals surface area (Å²) < 4.78 is 0. The van der Waals surface area contributed by atoms with Crippen LogP contribution in [0.4, 0.5) is 0 Å². The molecule has 21 heavy (non-hydrogen) atoms. The summed E-state index contributed by atoms with van der Waals surface area (Å²) >= 11 is 0. The lowest BCUT2D eigenvalue weighted by molar-refractivity contribution is 0.421. The van der Waals surface area contributed by atoms with Gasteiger partial charge >= 0.3 is 0 Å². The van der Waals surface area contributed by atoms with Gasteiger partial charge in [0.15, 0.2) is 0 Å². The van der Waals surface area contributed by atoms with E-state index >= 15 is 0 Å². The topological polar surface area (TPSA) is 24.9 Å². The first-order chi connectivity index (χ1) is 10.3. The molecule has 1 aromatic carbocycles. The van der Waals surface area contributed by atoms with E-state index in [0.29, 0.717) is 0 Å². The Kier molecular flexibility index (Phi) is 6.68. The highest BCUT2D eigenvalue weighted by atomic mass is 14.9. The van der Waals surface area contributed by atoms with Crippen LogP contribution >= 0.6 is 0 Å². The molecule has 114 valence electrons. The molecule has 2 heteroatoms. The van der Waals surface area contributed by atoms with Crippen molar-refractivity contribution >= 4 is 10.9 Å². The first-order valence-corrected chi connectivity index (χ1v) is 8.38. The highest BCUT2D eigenvalue weighted by Crippen LogP contribution is 2.16. The molecule has 0 aliphatic heterocycles. The van der Waals surface area contributed by atoms with Crippen molar-refractivity contribution < 1.29 is 0 Å².